The summed E-state index contributed by atoms with van der Waals surface area (Å²) in [4.78, 5) is 34.5. The van der Waals surface area contributed by atoms with Crippen LogP contribution < -0.4 is 5.32 Å². The van der Waals surface area contributed by atoms with E-state index in [9.17, 15) is 14.4 Å². The average molecular weight is 423 g/mol. The third kappa shape index (κ3) is 20.8. The fourth-order valence-electron chi connectivity index (χ4n) is 2.44. The Labute approximate surface area is 172 Å². The van der Waals surface area contributed by atoms with Gasteiger partial charge in [-0.2, -0.15) is 0 Å². The molecule has 0 aromatic heterocycles. The summed E-state index contributed by atoms with van der Waals surface area (Å²) < 4.78 is 0. The van der Waals surface area contributed by atoms with E-state index in [4.69, 9.17) is 25.5 Å². The summed E-state index contributed by atoms with van der Waals surface area (Å²) in [5.74, 6) is -2.59. The summed E-state index contributed by atoms with van der Waals surface area (Å²) >= 11 is 0. The van der Waals surface area contributed by atoms with E-state index in [1.165, 1.54) is 0 Å². The van der Waals surface area contributed by atoms with Crippen molar-refractivity contribution in [1.82, 2.24) is 10.2 Å². The topological polar surface area (TPSA) is 168 Å². The first-order valence-corrected chi connectivity index (χ1v) is 10.1. The number of aliphatic hydroxyl groups excluding tert-OH is 3. The van der Waals surface area contributed by atoms with Gasteiger partial charge in [0, 0.05) is 32.5 Å². The van der Waals surface area contributed by atoms with E-state index < -0.39 is 18.0 Å². The molecule has 0 aliphatic heterocycles. The van der Waals surface area contributed by atoms with Gasteiger partial charge in [0.15, 0.2) is 0 Å². The van der Waals surface area contributed by atoms with E-state index in [0.717, 1.165) is 32.1 Å². The van der Waals surface area contributed by atoms with Crippen LogP contribution in [0.1, 0.15) is 58.3 Å². The highest BCUT2D eigenvalue weighted by Crippen LogP contribution is 2.06. The molecule has 0 bridgehead atoms. The van der Waals surface area contributed by atoms with E-state index in [-0.39, 0.29) is 38.6 Å². The second kappa shape index (κ2) is 21.0. The zero-order valence-electron chi connectivity index (χ0n) is 17.4. The van der Waals surface area contributed by atoms with E-state index in [0.29, 0.717) is 26.1 Å². The number of carboxylic acids is 2. The van der Waals surface area contributed by atoms with Gasteiger partial charge in [-0.25, -0.2) is 4.79 Å². The summed E-state index contributed by atoms with van der Waals surface area (Å²) in [7, 11) is 0. The molecule has 1 atom stereocenters. The number of rotatable bonds is 17. The molecule has 0 radical (unpaired) electrons. The number of carbonyl (C=O) groups is 3. The molecule has 0 fully saturated rings. The van der Waals surface area contributed by atoms with Crippen LogP contribution in [-0.2, 0) is 14.4 Å². The van der Waals surface area contributed by atoms with Crippen molar-refractivity contribution in [2.24, 2.45) is 0 Å². The number of nitrogens with zero attached hydrogens (tertiary/aromatic N) is 1. The van der Waals surface area contributed by atoms with Gasteiger partial charge in [0.05, 0.1) is 19.8 Å². The lowest BCUT2D eigenvalue weighted by molar-refractivity contribution is -0.143. The second-order valence-corrected chi connectivity index (χ2v) is 6.57. The van der Waals surface area contributed by atoms with Crippen LogP contribution in [0.4, 0.5) is 0 Å². The molecule has 0 aromatic carbocycles. The van der Waals surface area contributed by atoms with Gasteiger partial charge in [0.2, 0.25) is 5.91 Å². The number of amides is 1. The predicted molar refractivity (Wildman–Crippen MR) is 108 cm³/mol. The Hall–Kier alpha value is -1.75. The van der Waals surface area contributed by atoms with Crippen LogP contribution in [0.3, 0.4) is 0 Å². The van der Waals surface area contributed by atoms with E-state index >= 15 is 0 Å². The molecule has 0 aromatic rings. The molecule has 10 heteroatoms. The summed E-state index contributed by atoms with van der Waals surface area (Å²) in [6, 6.07) is -1.11. The number of carbonyl (C=O) groups excluding carboxylic acids is 1. The van der Waals surface area contributed by atoms with E-state index in [2.05, 4.69) is 12.2 Å². The van der Waals surface area contributed by atoms with Gasteiger partial charge < -0.3 is 30.8 Å². The summed E-state index contributed by atoms with van der Waals surface area (Å²) in [6.45, 7) is 3.86. The number of aliphatic carboxylic acids is 2. The van der Waals surface area contributed by atoms with Crippen molar-refractivity contribution in [2.45, 2.75) is 64.3 Å². The monoisotopic (exact) mass is 422 g/mol. The van der Waals surface area contributed by atoms with Gasteiger partial charge >= 0.3 is 11.9 Å². The Morgan fingerprint density at radius 3 is 1.76 bits per heavy atom. The molecule has 6 N–H and O–H groups in total. The molecule has 0 unspecified atom stereocenters. The quantitative estimate of drug-likeness (QED) is 0.177. The Morgan fingerprint density at radius 1 is 0.828 bits per heavy atom. The highest BCUT2D eigenvalue weighted by Gasteiger charge is 2.20. The first kappa shape index (κ1) is 29.5. The average Bonchev–Trinajstić information content (AvgIpc) is 2.65. The summed E-state index contributed by atoms with van der Waals surface area (Å²) in [5, 5.41) is 45.2. The largest absolute Gasteiger partial charge is 0.481 e. The van der Waals surface area contributed by atoms with Crippen LogP contribution in [0.25, 0.3) is 0 Å². The standard InChI is InChI=1S/C13H23NO5.C6H15NO3/c1-2-3-4-5-6-7-11(15)14-10(13(18)19)8-9-12(16)17;8-4-1-7(2-5-9)3-6-10/h10H,2-9H2,1H3,(H,14,15)(H,16,17)(H,18,19);8-10H,1-6H2/t10-;/m0./s1. The van der Waals surface area contributed by atoms with Gasteiger partial charge in [-0.05, 0) is 12.8 Å². The van der Waals surface area contributed by atoms with Gasteiger partial charge in [0.1, 0.15) is 6.04 Å². The Kier molecular flexibility index (Phi) is 21.3. The Bertz CT molecular complexity index is 420. The lowest BCUT2D eigenvalue weighted by atomic mass is 10.1. The van der Waals surface area contributed by atoms with Crippen molar-refractivity contribution in [3.63, 3.8) is 0 Å². The van der Waals surface area contributed by atoms with Crippen molar-refractivity contribution < 1.29 is 39.9 Å². The molecule has 172 valence electrons. The van der Waals surface area contributed by atoms with E-state index in [1.54, 1.807) is 4.90 Å². The molecule has 0 aliphatic carbocycles. The highest BCUT2D eigenvalue weighted by molar-refractivity contribution is 5.83. The number of aliphatic hydroxyl groups is 3. The first-order chi connectivity index (χ1) is 13.8. The van der Waals surface area contributed by atoms with Gasteiger partial charge in [0.25, 0.3) is 0 Å². The Balaban J connectivity index is 0. The number of nitrogens with one attached hydrogen (secondary N) is 1. The lowest BCUT2D eigenvalue weighted by Crippen LogP contribution is -2.41. The minimum atomic E-state index is -1.19. The molecule has 0 heterocycles. The maximum absolute atomic E-state index is 11.5. The second-order valence-electron chi connectivity index (χ2n) is 6.57. The third-order valence-corrected chi connectivity index (χ3v) is 4.04. The lowest BCUT2D eigenvalue weighted by Gasteiger charge is -2.17. The molecule has 0 aliphatic rings. The Morgan fingerprint density at radius 2 is 1.34 bits per heavy atom. The van der Waals surface area contributed by atoms with Crippen LogP contribution in [-0.4, -0.2) is 93.8 Å². The molecule has 0 saturated carbocycles. The highest BCUT2D eigenvalue weighted by atomic mass is 16.4. The minimum Gasteiger partial charge on any atom is -0.481 e. The first-order valence-electron chi connectivity index (χ1n) is 10.1. The fraction of sp³-hybridized carbons (Fsp3) is 0.842. The molecule has 0 rings (SSSR count). The zero-order valence-corrected chi connectivity index (χ0v) is 17.4. The summed E-state index contributed by atoms with van der Waals surface area (Å²) in [6.07, 6.45) is 4.96. The van der Waals surface area contributed by atoms with E-state index in [1.807, 2.05) is 0 Å². The van der Waals surface area contributed by atoms with Crippen LogP contribution in [0.2, 0.25) is 0 Å². The van der Waals surface area contributed by atoms with Gasteiger partial charge in [-0.1, -0.05) is 32.6 Å². The SMILES string of the molecule is CCCCCCCC(=O)N[C@@H](CCC(=O)O)C(=O)O.OCCN(CCO)CCO. The number of hydrogen-bond donors (Lipinski definition) is 6. The number of carboxylic acid groups (broad SMARTS) is 2. The van der Waals surface area contributed by atoms with Crippen molar-refractivity contribution in [1.29, 1.82) is 0 Å². The van der Waals surface area contributed by atoms with Crippen molar-refractivity contribution >= 4 is 17.8 Å². The molecule has 0 spiro atoms. The molecular formula is C19H38N2O8. The smallest absolute Gasteiger partial charge is 0.326 e. The maximum atomic E-state index is 11.5. The van der Waals surface area contributed by atoms with Gasteiger partial charge in [-0.3, -0.25) is 14.5 Å². The maximum Gasteiger partial charge on any atom is 0.326 e. The molecule has 29 heavy (non-hydrogen) atoms. The third-order valence-electron chi connectivity index (χ3n) is 4.04. The molecule has 1 amide bonds. The van der Waals surface area contributed by atoms with Crippen molar-refractivity contribution in [2.75, 3.05) is 39.5 Å². The minimum absolute atomic E-state index is 0.0694. The number of hydrogen-bond acceptors (Lipinski definition) is 7. The fourth-order valence-corrected chi connectivity index (χ4v) is 2.44. The van der Waals surface area contributed by atoms with Crippen LogP contribution in [0.5, 0.6) is 0 Å². The van der Waals surface area contributed by atoms with Gasteiger partial charge in [-0.15, -0.1) is 0 Å². The normalized spacial score (nSPS) is 11.5. The predicted octanol–water partition coefficient (Wildman–Crippen LogP) is 0.0464. The zero-order chi connectivity index (χ0) is 22.5. The summed E-state index contributed by atoms with van der Waals surface area (Å²) in [5.41, 5.74) is 0. The van der Waals surface area contributed by atoms with Crippen molar-refractivity contribution in [3.05, 3.63) is 0 Å². The number of unbranched alkanes of at least 4 members (excludes halogenated alkanes) is 4. The molecular weight excluding hydrogens is 384 g/mol. The molecule has 0 saturated heterocycles. The molecule has 10 nitrogen and oxygen atoms in total. The van der Waals surface area contributed by atoms with Crippen LogP contribution in [0, 0.1) is 0 Å². The van der Waals surface area contributed by atoms with Crippen molar-refractivity contribution in [3.8, 4) is 0 Å². The van der Waals surface area contributed by atoms with Crippen LogP contribution >= 0.6 is 0 Å². The van der Waals surface area contributed by atoms with Crippen LogP contribution in [0.15, 0.2) is 0 Å².